The van der Waals surface area contributed by atoms with Crippen molar-refractivity contribution in [1.29, 1.82) is 0 Å². The standard InChI is InChI=1S/C19H24N4O3.2C18H22N4O3.2C18H21N3O3.C15H17N3O3/c1-11(21-22-18(25)20-4)13-8-12-9-14-15(10-16(12)26-17(13)24)23(5)7-6-19(14,2)3;1-18(2)5-6-22(4)14-9-15-11(8-13(14)18)7-12(16(23)25-15)10-20-21-17(24)19-3;1-18(2)7-8-22(4)13-6-5-11-9-12(10-20-21-17(24)19-3)16(23)25-15(11)14(13)18;1-11(22)20-19-10-13-7-12-8-14-15(9-16(12)24-17(13)23)21(4)6-5-18(14,2)3;1-11(22)20-19-10-13-9-12-5-6-14-15(16(12)24-17(13)23)18(2,3)7-8-21(14)4;1-4-18(3)13-6-5-11-7-12(9-16-17-10(2)19)15(20)21-14(11)8-13/h8-10H,6-7H2,1-5H3,(H2,20,22,25);7-10H,5-6H2,1-4H3,(H2,19,21,24);5-6,9-10H,7-8H2,1-4H3,(H2,19,21,24);7-10H,5-6H2,1-4H3,(H,20,22);5-6,9-10H,7-8H2,1-4H3,(H,20,22);5-9H,4H2,1-3H3,(H,17,19)/b21-11+;2*20-10+;2*19-10+;16-9+. The molecule has 0 saturated heterocycles. The van der Waals surface area contributed by atoms with E-state index in [4.69, 9.17) is 26.5 Å². The summed E-state index contributed by atoms with van der Waals surface area (Å²) in [7, 11) is 16.7. The Morgan fingerprint density at radius 3 is 0.959 bits per heavy atom. The maximum Gasteiger partial charge on any atom is 0.345 e. The second-order valence-corrected chi connectivity index (χ2v) is 39.4. The van der Waals surface area contributed by atoms with Crippen molar-refractivity contribution in [2.24, 2.45) is 30.6 Å². The molecule has 0 fully saturated rings. The topological polar surface area (TPSA) is 486 Å². The minimum absolute atomic E-state index is 0.0518. The van der Waals surface area contributed by atoms with Gasteiger partial charge in [0.15, 0.2) is 0 Å². The number of amides is 9. The molecule has 6 aromatic carbocycles. The fourth-order valence-electron chi connectivity index (χ4n) is 17.4. The van der Waals surface area contributed by atoms with E-state index in [0.29, 0.717) is 55.9 Å². The summed E-state index contributed by atoms with van der Waals surface area (Å²) in [5.74, 6) is -0.894. The molecule has 9 N–H and O–H groups in total. The Kier molecular flexibility index (Phi) is 33.2. The van der Waals surface area contributed by atoms with Crippen molar-refractivity contribution in [3.8, 4) is 0 Å². The van der Waals surface area contributed by atoms with E-state index in [9.17, 15) is 57.5 Å². The predicted molar refractivity (Wildman–Crippen MR) is 573 cm³/mol. The number of urea groups is 3. The number of rotatable bonds is 14. The van der Waals surface area contributed by atoms with Crippen molar-refractivity contribution in [3.63, 3.8) is 0 Å². The van der Waals surface area contributed by atoms with Crippen LogP contribution in [0.15, 0.2) is 201 Å². The lowest BCUT2D eigenvalue weighted by atomic mass is 9.77. The van der Waals surface area contributed by atoms with Crippen LogP contribution in [0.3, 0.4) is 0 Å². The SMILES string of the molecule is CC(=O)N/N=C/c1cc2cc3c(cc2oc1=O)N(C)CCC3(C)C.CC(=O)N/N=C/c1cc2ccc3c(c2oc1=O)C(C)(C)CCN3C.CCN(C)c1ccc2cc(/C=N/NC(C)=O)c(=O)oc2c1.CNC(=O)N/N=C(\C)c1cc2cc3c(cc2oc1=O)N(C)CCC3(C)C.CNC(=O)N/N=C/c1cc2cc3c(cc2oc1=O)N(C)CCC3(C)C.CNC(=O)N/N=C/c1cc2ccc3c(c2oc1=O)C(C)(C)CCN3C. The number of fused-ring (bicyclic) bond motifs is 13. The molecule has 12 aromatic rings. The van der Waals surface area contributed by atoms with Crippen LogP contribution < -0.4 is 112 Å². The molecule has 9 amide bonds. The summed E-state index contributed by atoms with van der Waals surface area (Å²) in [4.78, 5) is 152. The van der Waals surface area contributed by atoms with E-state index in [0.717, 1.165) is 149 Å². The quantitative estimate of drug-likeness (QED) is 0.0277. The number of anilines is 6. The summed E-state index contributed by atoms with van der Waals surface area (Å²) < 4.78 is 33.0. The van der Waals surface area contributed by atoms with Gasteiger partial charge in [-0.25, -0.2) is 75.7 Å². The van der Waals surface area contributed by atoms with E-state index in [1.807, 2.05) is 103 Å². The first-order chi connectivity index (χ1) is 68.4. The van der Waals surface area contributed by atoms with Crippen molar-refractivity contribution < 1.29 is 55.3 Å². The smallest absolute Gasteiger partial charge is 0.345 e. The number of nitrogens with zero attached hydrogens (tertiary/aromatic N) is 12. The van der Waals surface area contributed by atoms with E-state index in [2.05, 4.69) is 203 Å². The Hall–Kier alpha value is -16.4. The Morgan fingerprint density at radius 1 is 0.338 bits per heavy atom. The number of hydrogen-bond donors (Lipinski definition) is 9. The molecule has 39 heteroatoms. The summed E-state index contributed by atoms with van der Waals surface area (Å²) in [6.45, 7) is 35.5. The van der Waals surface area contributed by atoms with Gasteiger partial charge in [0.2, 0.25) is 17.7 Å². The zero-order valence-corrected chi connectivity index (χ0v) is 86.3. The lowest BCUT2D eigenvalue weighted by molar-refractivity contribution is -0.119. The molecule has 0 unspecified atom stereocenters. The molecule has 17 rings (SSSR count). The van der Waals surface area contributed by atoms with Gasteiger partial charge in [-0.2, -0.15) is 30.6 Å². The van der Waals surface area contributed by atoms with Gasteiger partial charge in [-0.15, -0.1) is 0 Å². The second-order valence-electron chi connectivity index (χ2n) is 39.4. The van der Waals surface area contributed by atoms with Crippen molar-refractivity contribution in [1.82, 2.24) is 48.5 Å². The van der Waals surface area contributed by atoms with Crippen molar-refractivity contribution in [2.75, 3.05) is 132 Å². The van der Waals surface area contributed by atoms with Crippen LogP contribution in [-0.4, -0.2) is 175 Å². The highest BCUT2D eigenvalue weighted by atomic mass is 16.4. The van der Waals surface area contributed by atoms with Gasteiger partial charge in [0.05, 0.1) is 70.2 Å². The van der Waals surface area contributed by atoms with E-state index < -0.39 is 51.8 Å². The first-order valence-electron chi connectivity index (χ1n) is 47.3. The summed E-state index contributed by atoms with van der Waals surface area (Å²) in [6.07, 6.45) is 11.6. The Bertz CT molecular complexity index is 7540. The number of nitrogens with one attached hydrogen (secondary N) is 9. The third kappa shape index (κ3) is 25.4. The monoisotopic (exact) mass is 1980 g/mol. The van der Waals surface area contributed by atoms with E-state index >= 15 is 0 Å². The number of benzene rings is 6. The third-order valence-electron chi connectivity index (χ3n) is 26.5. The number of carbonyl (C=O) groups is 6. The van der Waals surface area contributed by atoms with Gasteiger partial charge in [-0.05, 0) is 181 Å². The van der Waals surface area contributed by atoms with Gasteiger partial charge in [0, 0.05) is 225 Å². The lowest BCUT2D eigenvalue weighted by Crippen LogP contribution is -2.35. The average Bonchev–Trinajstić information content (AvgIpc) is 0.817. The Balaban J connectivity index is 0.000000155. The molecule has 6 aromatic heterocycles. The van der Waals surface area contributed by atoms with E-state index in [1.165, 1.54) is 89.7 Å². The van der Waals surface area contributed by atoms with Gasteiger partial charge in [0.1, 0.15) is 33.5 Å². The predicted octanol–water partition coefficient (Wildman–Crippen LogP) is 13.4. The molecule has 0 bridgehead atoms. The van der Waals surface area contributed by atoms with Gasteiger partial charge in [-0.1, -0.05) is 69.2 Å². The molecule has 39 nitrogen and oxygen atoms in total. The largest absolute Gasteiger partial charge is 0.422 e. The molecule has 0 saturated carbocycles. The van der Waals surface area contributed by atoms with E-state index in [1.54, 1.807) is 43.3 Å². The molecule has 5 aliphatic heterocycles. The molecule has 11 heterocycles. The van der Waals surface area contributed by atoms with Crippen molar-refractivity contribution in [3.05, 3.63) is 239 Å². The van der Waals surface area contributed by atoms with Crippen LogP contribution in [0.4, 0.5) is 48.5 Å². The zero-order chi connectivity index (χ0) is 106. The first-order valence-corrected chi connectivity index (χ1v) is 47.3. The average molecular weight is 1980 g/mol. The van der Waals surface area contributed by atoms with Gasteiger partial charge in [0.25, 0.3) is 0 Å². The molecule has 5 aliphatic rings. The highest BCUT2D eigenvalue weighted by Gasteiger charge is 2.38. The van der Waals surface area contributed by atoms with Crippen LogP contribution in [0.2, 0.25) is 0 Å². The van der Waals surface area contributed by atoms with E-state index in [-0.39, 0.29) is 61.5 Å². The van der Waals surface area contributed by atoms with Gasteiger partial charge >= 0.3 is 51.8 Å². The molecule has 145 heavy (non-hydrogen) atoms. The maximum absolute atomic E-state index is 12.4. The van der Waals surface area contributed by atoms with Gasteiger partial charge in [-0.3, -0.25) is 14.4 Å². The molecule has 0 spiro atoms. The van der Waals surface area contributed by atoms with Crippen LogP contribution in [0.25, 0.3) is 65.8 Å². The molecule has 0 radical (unpaired) electrons. The molecular weight excluding hydrogens is 1860 g/mol. The zero-order valence-electron chi connectivity index (χ0n) is 86.3. The summed E-state index contributed by atoms with van der Waals surface area (Å²) in [6, 6.07) is 34.8. The highest BCUT2D eigenvalue weighted by Crippen LogP contribution is 2.48. The number of hydrogen-bond acceptors (Lipinski definition) is 30. The first kappa shape index (κ1) is 107. The second kappa shape index (κ2) is 44.8. The molecule has 0 aliphatic carbocycles. The van der Waals surface area contributed by atoms with Crippen molar-refractivity contribution in [2.45, 2.75) is 163 Å². The summed E-state index contributed by atoms with van der Waals surface area (Å²) in [5, 5.41) is 34.8. The Labute approximate surface area is 836 Å². The fourth-order valence-corrected chi connectivity index (χ4v) is 17.4. The normalized spacial score (nSPS) is 15.5. The number of hydrazone groups is 6. The highest BCUT2D eigenvalue weighted by molar-refractivity contribution is 6.02. The van der Waals surface area contributed by atoms with Crippen LogP contribution in [0.1, 0.15) is 197 Å². The minimum atomic E-state index is -0.493. The summed E-state index contributed by atoms with van der Waals surface area (Å²) >= 11 is 0. The molecule has 0 atom stereocenters. The molecule has 764 valence electrons. The lowest BCUT2D eigenvalue weighted by Gasteiger charge is -2.38. The maximum atomic E-state index is 12.4. The van der Waals surface area contributed by atoms with Gasteiger partial charge < -0.3 is 71.9 Å². The van der Waals surface area contributed by atoms with Crippen LogP contribution >= 0.6 is 0 Å². The van der Waals surface area contributed by atoms with Crippen LogP contribution in [0, 0.1) is 0 Å². The molecular formula is C106H127N21O18. The fraction of sp³-hybridized carbons (Fsp3) is 0.377. The Morgan fingerprint density at radius 2 is 0.621 bits per heavy atom. The minimum Gasteiger partial charge on any atom is -0.422 e. The van der Waals surface area contributed by atoms with Crippen molar-refractivity contribution >= 4 is 173 Å². The summed E-state index contributed by atoms with van der Waals surface area (Å²) in [5.41, 5.74) is 28.7. The number of carbonyl (C=O) groups excluding carboxylic acids is 6. The van der Waals surface area contributed by atoms with Crippen LogP contribution in [0.5, 0.6) is 0 Å². The van der Waals surface area contributed by atoms with Crippen LogP contribution in [-0.2, 0) is 41.5 Å². The third-order valence-corrected chi connectivity index (χ3v) is 26.5.